The predicted molar refractivity (Wildman–Crippen MR) is 68.5 cm³/mol. The minimum atomic E-state index is -0.0684. The highest BCUT2D eigenvalue weighted by Gasteiger charge is 2.35. The first-order valence-corrected chi connectivity index (χ1v) is 6.02. The number of carbonyl (C=O) groups excluding carboxylic acids is 1. The zero-order valence-corrected chi connectivity index (χ0v) is 10.1. The molecule has 1 N–H and O–H groups in total. The molecule has 0 aromatic heterocycles. The molecule has 0 saturated heterocycles. The number of ether oxygens (including phenoxy) is 1. The molecule has 0 saturated carbocycles. The van der Waals surface area contributed by atoms with Gasteiger partial charge in [-0.15, -0.1) is 0 Å². The number of ketones is 1. The Balaban J connectivity index is 2.10. The predicted octanol–water partition coefficient (Wildman–Crippen LogP) is 2.67. The Labute approximate surface area is 105 Å². The van der Waals surface area contributed by atoms with E-state index in [1.165, 1.54) is 5.56 Å². The molecule has 1 aromatic carbocycles. The summed E-state index contributed by atoms with van der Waals surface area (Å²) < 4.78 is 5.22. The van der Waals surface area contributed by atoms with Gasteiger partial charge < -0.3 is 9.84 Å². The first-order chi connectivity index (χ1) is 8.74. The molecule has 1 aromatic rings. The zero-order valence-electron chi connectivity index (χ0n) is 10.1. The van der Waals surface area contributed by atoms with Gasteiger partial charge in [0.2, 0.25) is 0 Å². The van der Waals surface area contributed by atoms with E-state index >= 15 is 0 Å². The van der Waals surface area contributed by atoms with Crippen LogP contribution in [0.2, 0.25) is 0 Å². The Morgan fingerprint density at radius 1 is 1.44 bits per heavy atom. The van der Waals surface area contributed by atoms with E-state index in [9.17, 15) is 4.79 Å². The number of carbonyl (C=O) groups is 1. The summed E-state index contributed by atoms with van der Waals surface area (Å²) in [6, 6.07) is 5.93. The van der Waals surface area contributed by atoms with Gasteiger partial charge in [0, 0.05) is 11.5 Å². The van der Waals surface area contributed by atoms with Crippen molar-refractivity contribution < 1.29 is 14.6 Å². The second kappa shape index (κ2) is 4.02. The van der Waals surface area contributed by atoms with Crippen LogP contribution in [0.25, 0.3) is 5.57 Å². The average Bonchev–Trinajstić information content (AvgIpc) is 2.73. The van der Waals surface area contributed by atoms with E-state index in [1.807, 2.05) is 18.2 Å². The summed E-state index contributed by atoms with van der Waals surface area (Å²) in [6.45, 7) is 0. The molecular weight excluding hydrogens is 228 g/mol. The van der Waals surface area contributed by atoms with Gasteiger partial charge in [0.05, 0.1) is 13.4 Å². The quantitative estimate of drug-likeness (QED) is 0.608. The maximum Gasteiger partial charge on any atom is 0.185 e. The van der Waals surface area contributed by atoms with Crippen LogP contribution in [-0.4, -0.2) is 18.0 Å². The van der Waals surface area contributed by atoms with Crippen molar-refractivity contribution in [2.75, 3.05) is 7.11 Å². The summed E-state index contributed by atoms with van der Waals surface area (Å²) in [5.74, 6) is 0.833. The van der Waals surface area contributed by atoms with Gasteiger partial charge in [0.15, 0.2) is 5.78 Å². The molecule has 3 rings (SSSR count). The molecule has 0 spiro atoms. The van der Waals surface area contributed by atoms with Crippen molar-refractivity contribution in [1.29, 1.82) is 0 Å². The average molecular weight is 242 g/mol. The minimum Gasteiger partial charge on any atom is -0.515 e. The molecule has 0 bridgehead atoms. The Hall–Kier alpha value is -2.03. The number of methoxy groups -OCH3 is 1. The molecule has 1 atom stereocenters. The molecule has 0 fully saturated rings. The van der Waals surface area contributed by atoms with Crippen molar-refractivity contribution in [1.82, 2.24) is 0 Å². The maximum atomic E-state index is 11.8. The number of aliphatic hydroxyl groups excluding tert-OH is 1. The van der Waals surface area contributed by atoms with Gasteiger partial charge in [-0.05, 0) is 47.8 Å². The van der Waals surface area contributed by atoms with Crippen molar-refractivity contribution in [2.24, 2.45) is 5.92 Å². The first kappa shape index (κ1) is 11.1. The molecule has 2 aliphatic carbocycles. The van der Waals surface area contributed by atoms with Crippen molar-refractivity contribution in [3.63, 3.8) is 0 Å². The lowest BCUT2D eigenvalue weighted by Gasteiger charge is -2.24. The summed E-state index contributed by atoms with van der Waals surface area (Å²) in [6.07, 6.45) is 4.38. The number of rotatable bonds is 1. The highest BCUT2D eigenvalue weighted by molar-refractivity contribution is 6.15. The van der Waals surface area contributed by atoms with Crippen LogP contribution in [0, 0.1) is 5.92 Å². The molecule has 0 radical (unpaired) electrons. The number of benzene rings is 1. The third-order valence-electron chi connectivity index (χ3n) is 3.79. The standard InChI is InChI=1S/C15H14O3/c1-18-10-3-5-11-9(6-10)2-4-12-13(11)7-15(17)14(12)8-16/h3,5-8,12,16H,2,4H2,1H3/b14-8-. The van der Waals surface area contributed by atoms with Crippen LogP contribution in [0.5, 0.6) is 5.75 Å². The number of hydrogen-bond acceptors (Lipinski definition) is 3. The van der Waals surface area contributed by atoms with Crippen LogP contribution in [0.15, 0.2) is 36.1 Å². The van der Waals surface area contributed by atoms with Crippen molar-refractivity contribution >= 4 is 11.4 Å². The minimum absolute atomic E-state index is 0.0587. The smallest absolute Gasteiger partial charge is 0.185 e. The van der Waals surface area contributed by atoms with E-state index in [0.717, 1.165) is 36.0 Å². The monoisotopic (exact) mass is 242 g/mol. The fourth-order valence-corrected chi connectivity index (χ4v) is 2.88. The van der Waals surface area contributed by atoms with E-state index in [0.29, 0.717) is 5.57 Å². The van der Waals surface area contributed by atoms with E-state index in [1.54, 1.807) is 13.2 Å². The summed E-state index contributed by atoms with van der Waals surface area (Å²) >= 11 is 0. The van der Waals surface area contributed by atoms with E-state index in [-0.39, 0.29) is 11.7 Å². The molecule has 1 unspecified atom stereocenters. The highest BCUT2D eigenvalue weighted by Crippen LogP contribution is 2.44. The van der Waals surface area contributed by atoms with Gasteiger partial charge in [0.25, 0.3) is 0 Å². The summed E-state index contributed by atoms with van der Waals surface area (Å²) in [7, 11) is 1.65. The summed E-state index contributed by atoms with van der Waals surface area (Å²) in [5.41, 5.74) is 3.87. The van der Waals surface area contributed by atoms with E-state index < -0.39 is 0 Å². The van der Waals surface area contributed by atoms with Gasteiger partial charge in [0.1, 0.15) is 5.75 Å². The van der Waals surface area contributed by atoms with Gasteiger partial charge in [-0.3, -0.25) is 4.79 Å². The Kier molecular flexibility index (Phi) is 2.47. The maximum absolute atomic E-state index is 11.8. The van der Waals surface area contributed by atoms with Crippen LogP contribution < -0.4 is 4.74 Å². The second-order valence-electron chi connectivity index (χ2n) is 4.66. The van der Waals surface area contributed by atoms with Gasteiger partial charge in [-0.1, -0.05) is 6.07 Å². The van der Waals surface area contributed by atoms with E-state index in [2.05, 4.69) is 0 Å². The largest absolute Gasteiger partial charge is 0.515 e. The Bertz CT molecular complexity index is 581. The van der Waals surface area contributed by atoms with Crippen molar-refractivity contribution in [2.45, 2.75) is 12.8 Å². The third-order valence-corrected chi connectivity index (χ3v) is 3.79. The molecule has 0 heterocycles. The van der Waals surface area contributed by atoms with Crippen molar-refractivity contribution in [3.8, 4) is 5.75 Å². The fraction of sp³-hybridized carbons (Fsp3) is 0.267. The normalized spacial score (nSPS) is 23.6. The molecule has 2 aliphatic rings. The van der Waals surface area contributed by atoms with Gasteiger partial charge in [-0.2, -0.15) is 0 Å². The van der Waals surface area contributed by atoms with Gasteiger partial charge in [-0.25, -0.2) is 0 Å². The molecular formula is C15H14O3. The van der Waals surface area contributed by atoms with Crippen LogP contribution in [0.3, 0.4) is 0 Å². The second-order valence-corrected chi connectivity index (χ2v) is 4.66. The Morgan fingerprint density at radius 2 is 2.28 bits per heavy atom. The number of aliphatic hydroxyl groups is 1. The molecule has 92 valence electrons. The van der Waals surface area contributed by atoms with Crippen LogP contribution in [0.4, 0.5) is 0 Å². The van der Waals surface area contributed by atoms with Crippen LogP contribution in [-0.2, 0) is 11.2 Å². The Morgan fingerprint density at radius 3 is 3.00 bits per heavy atom. The molecule has 0 aliphatic heterocycles. The topological polar surface area (TPSA) is 46.5 Å². The molecule has 18 heavy (non-hydrogen) atoms. The SMILES string of the molecule is COc1ccc2c(c1)CCC1C2=CC(=O)/C1=C\O. The molecule has 3 nitrogen and oxygen atoms in total. The fourth-order valence-electron chi connectivity index (χ4n) is 2.88. The molecule has 0 amide bonds. The first-order valence-electron chi connectivity index (χ1n) is 6.02. The number of allylic oxidation sites excluding steroid dienone is 3. The number of hydrogen-bond donors (Lipinski definition) is 1. The van der Waals surface area contributed by atoms with Crippen molar-refractivity contribution in [3.05, 3.63) is 47.2 Å². The summed E-state index contributed by atoms with van der Waals surface area (Å²) in [5, 5.41) is 9.17. The van der Waals surface area contributed by atoms with E-state index in [4.69, 9.17) is 9.84 Å². The van der Waals surface area contributed by atoms with Crippen LogP contribution in [0.1, 0.15) is 17.5 Å². The number of aryl methyl sites for hydroxylation is 1. The summed E-state index contributed by atoms with van der Waals surface area (Å²) in [4.78, 5) is 11.8. The lowest BCUT2D eigenvalue weighted by atomic mass is 9.79. The lowest BCUT2D eigenvalue weighted by molar-refractivity contribution is -0.111. The van der Waals surface area contributed by atoms with Crippen LogP contribution >= 0.6 is 0 Å². The highest BCUT2D eigenvalue weighted by atomic mass is 16.5. The zero-order chi connectivity index (χ0) is 12.7. The van der Waals surface area contributed by atoms with Gasteiger partial charge >= 0.3 is 0 Å². The number of fused-ring (bicyclic) bond motifs is 3. The lowest BCUT2D eigenvalue weighted by Crippen LogP contribution is -2.13. The third kappa shape index (κ3) is 1.47. The molecule has 3 heteroatoms.